The summed E-state index contributed by atoms with van der Waals surface area (Å²) in [5.74, 6) is 0. The topological polar surface area (TPSA) is 35.5 Å². The highest BCUT2D eigenvalue weighted by Crippen LogP contribution is 2.01. The maximum Gasteiger partial charge on any atom is 0.146 e. The minimum atomic E-state index is -0.374. The highest BCUT2D eigenvalue weighted by Gasteiger charge is 2.00. The normalized spacial score (nSPS) is 12.9. The molecule has 0 N–H and O–H groups in total. The van der Waals surface area contributed by atoms with E-state index in [1.807, 2.05) is 0 Å². The molecule has 0 aliphatic heterocycles. The number of aldehydes is 1. The lowest BCUT2D eigenvalue weighted by Crippen LogP contribution is -2.04. The fraction of sp³-hybridized carbons (Fsp3) is 0.857. The van der Waals surface area contributed by atoms with Gasteiger partial charge >= 0.3 is 0 Å². The molecule has 0 spiro atoms. The Balaban J connectivity index is 2.95. The van der Waals surface area contributed by atoms with E-state index < -0.39 is 0 Å². The third kappa shape index (κ3) is 7.78. The molecular weight excluding hydrogens is 168 g/mol. The van der Waals surface area contributed by atoms with Gasteiger partial charge in [-0.15, -0.1) is 11.6 Å². The molecule has 0 unspecified atom stereocenters. The Hall–Kier alpha value is -0.120. The summed E-state index contributed by atoms with van der Waals surface area (Å²) < 4.78 is 9.63. The molecule has 0 bridgehead atoms. The summed E-state index contributed by atoms with van der Waals surface area (Å²) in [6.07, 6.45) is 2.18. The Morgan fingerprint density at radius 2 is 2.36 bits per heavy atom. The van der Waals surface area contributed by atoms with Crippen molar-refractivity contribution in [3.63, 3.8) is 0 Å². The van der Waals surface area contributed by atoms with Gasteiger partial charge in [-0.25, -0.2) is 0 Å². The molecule has 0 aromatic carbocycles. The summed E-state index contributed by atoms with van der Waals surface area (Å²) >= 11 is 5.52. The Morgan fingerprint density at radius 1 is 1.64 bits per heavy atom. The van der Waals surface area contributed by atoms with Gasteiger partial charge in [-0.3, -0.25) is 0 Å². The van der Waals surface area contributed by atoms with E-state index in [1.54, 1.807) is 7.11 Å². The number of carbonyl (C=O) groups excluding carboxylic acids is 1. The minimum absolute atomic E-state index is 0.300. The van der Waals surface area contributed by atoms with Crippen LogP contribution in [0.5, 0.6) is 0 Å². The Kier molecular flexibility index (Phi) is 7.89. The molecule has 1 atom stereocenters. The van der Waals surface area contributed by atoms with Crippen molar-refractivity contribution in [3.05, 3.63) is 0 Å². The number of hydrogen-bond acceptors (Lipinski definition) is 3. The summed E-state index contributed by atoms with van der Waals surface area (Å²) in [4.78, 5) is 10.0. The van der Waals surface area contributed by atoms with E-state index in [2.05, 4.69) is 4.74 Å². The van der Waals surface area contributed by atoms with Gasteiger partial charge in [0.25, 0.3) is 0 Å². The molecule has 0 saturated carbocycles. The van der Waals surface area contributed by atoms with Crippen LogP contribution in [-0.4, -0.2) is 32.2 Å². The molecule has 3 nitrogen and oxygen atoms in total. The maximum atomic E-state index is 10.0. The first-order valence-corrected chi connectivity index (χ1v) is 3.91. The van der Waals surface area contributed by atoms with Gasteiger partial charge in [0.15, 0.2) is 0 Å². The first kappa shape index (κ1) is 10.9. The van der Waals surface area contributed by atoms with E-state index in [-0.39, 0.29) is 5.38 Å². The summed E-state index contributed by atoms with van der Waals surface area (Å²) in [5, 5.41) is -0.374. The summed E-state index contributed by atoms with van der Waals surface area (Å²) in [6, 6.07) is 0. The number of alkyl halides is 1. The van der Waals surface area contributed by atoms with E-state index >= 15 is 0 Å². The fourth-order valence-electron chi connectivity index (χ4n) is 0.591. The Labute approximate surface area is 71.6 Å². The van der Waals surface area contributed by atoms with E-state index in [1.165, 1.54) is 0 Å². The van der Waals surface area contributed by atoms with Crippen molar-refractivity contribution in [3.8, 4) is 0 Å². The Morgan fingerprint density at radius 3 is 2.91 bits per heavy atom. The van der Waals surface area contributed by atoms with Crippen LogP contribution in [0.4, 0.5) is 0 Å². The fourth-order valence-corrected chi connectivity index (χ4v) is 0.745. The van der Waals surface area contributed by atoms with Crippen LogP contribution in [0.25, 0.3) is 0 Å². The molecule has 0 saturated heterocycles. The van der Waals surface area contributed by atoms with E-state index in [4.69, 9.17) is 16.3 Å². The zero-order valence-corrected chi connectivity index (χ0v) is 7.34. The lowest BCUT2D eigenvalue weighted by atomic mass is 10.2. The highest BCUT2D eigenvalue weighted by atomic mass is 35.5. The van der Waals surface area contributed by atoms with Crippen LogP contribution in [0, 0.1) is 0 Å². The molecule has 0 aliphatic rings. The van der Waals surface area contributed by atoms with Gasteiger partial charge in [0, 0.05) is 13.7 Å². The van der Waals surface area contributed by atoms with Crippen molar-refractivity contribution in [1.29, 1.82) is 0 Å². The molecule has 0 amide bonds. The van der Waals surface area contributed by atoms with Crippen molar-refractivity contribution in [2.24, 2.45) is 0 Å². The van der Waals surface area contributed by atoms with Gasteiger partial charge in [-0.05, 0) is 12.8 Å². The average molecular weight is 181 g/mol. The van der Waals surface area contributed by atoms with Gasteiger partial charge < -0.3 is 14.3 Å². The van der Waals surface area contributed by atoms with Gasteiger partial charge in [-0.1, -0.05) is 0 Å². The number of ether oxygens (including phenoxy) is 2. The van der Waals surface area contributed by atoms with Crippen LogP contribution in [0.3, 0.4) is 0 Å². The van der Waals surface area contributed by atoms with Crippen LogP contribution in [-0.2, 0) is 14.3 Å². The second-order valence-corrected chi connectivity index (χ2v) is 2.67. The number of carbonyl (C=O) groups is 1. The number of rotatable bonds is 7. The van der Waals surface area contributed by atoms with Gasteiger partial charge in [0.1, 0.15) is 13.1 Å². The monoisotopic (exact) mass is 180 g/mol. The SMILES string of the molecule is COCOCCC[C@H](Cl)C=O. The zero-order chi connectivity index (χ0) is 8.53. The summed E-state index contributed by atoms with van der Waals surface area (Å²) in [6.45, 7) is 0.888. The molecule has 0 aromatic heterocycles. The van der Waals surface area contributed by atoms with Crippen molar-refractivity contribution in [2.45, 2.75) is 18.2 Å². The van der Waals surface area contributed by atoms with Gasteiger partial charge in [0.2, 0.25) is 0 Å². The average Bonchev–Trinajstić information content (AvgIpc) is 2.04. The van der Waals surface area contributed by atoms with Crippen LogP contribution in [0.1, 0.15) is 12.8 Å². The van der Waals surface area contributed by atoms with Crippen molar-refractivity contribution in [2.75, 3.05) is 20.5 Å². The second kappa shape index (κ2) is 7.98. The third-order valence-corrected chi connectivity index (χ3v) is 1.44. The van der Waals surface area contributed by atoms with E-state index in [9.17, 15) is 4.79 Å². The predicted molar refractivity (Wildman–Crippen MR) is 42.8 cm³/mol. The van der Waals surface area contributed by atoms with Crippen molar-refractivity contribution < 1.29 is 14.3 Å². The molecule has 0 aromatic rings. The molecule has 4 heteroatoms. The number of halogens is 1. The smallest absolute Gasteiger partial charge is 0.146 e. The molecule has 0 aliphatic carbocycles. The van der Waals surface area contributed by atoms with E-state index in [0.717, 1.165) is 12.7 Å². The summed E-state index contributed by atoms with van der Waals surface area (Å²) in [5.41, 5.74) is 0. The first-order valence-electron chi connectivity index (χ1n) is 3.47. The van der Waals surface area contributed by atoms with E-state index in [0.29, 0.717) is 19.8 Å². The zero-order valence-electron chi connectivity index (χ0n) is 6.59. The minimum Gasteiger partial charge on any atom is -0.359 e. The maximum absolute atomic E-state index is 10.0. The number of hydrogen-bond donors (Lipinski definition) is 0. The highest BCUT2D eigenvalue weighted by molar-refractivity contribution is 6.27. The molecule has 0 rings (SSSR count). The Bertz CT molecular complexity index is 97.7. The standard InChI is InChI=1S/C7H13ClO3/c1-10-6-11-4-2-3-7(8)5-9/h5,7H,2-4,6H2,1H3/t7-/m0/s1. The van der Waals surface area contributed by atoms with Crippen LogP contribution >= 0.6 is 11.6 Å². The lowest BCUT2D eigenvalue weighted by molar-refractivity contribution is -0.107. The molecule has 66 valence electrons. The van der Waals surface area contributed by atoms with Crippen LogP contribution in [0.2, 0.25) is 0 Å². The van der Waals surface area contributed by atoms with Crippen molar-refractivity contribution in [1.82, 2.24) is 0 Å². The predicted octanol–water partition coefficient (Wildman–Crippen LogP) is 1.19. The number of methoxy groups -OCH3 is 1. The lowest BCUT2D eigenvalue weighted by Gasteiger charge is -2.02. The van der Waals surface area contributed by atoms with Gasteiger partial charge in [-0.2, -0.15) is 0 Å². The quantitative estimate of drug-likeness (QED) is 0.256. The van der Waals surface area contributed by atoms with Crippen molar-refractivity contribution >= 4 is 17.9 Å². The van der Waals surface area contributed by atoms with Gasteiger partial charge in [0.05, 0.1) is 5.38 Å². The largest absolute Gasteiger partial charge is 0.359 e. The second-order valence-electron chi connectivity index (χ2n) is 2.11. The van der Waals surface area contributed by atoms with Crippen LogP contribution < -0.4 is 0 Å². The first-order chi connectivity index (χ1) is 5.31. The molecular formula is C7H13ClO3. The molecule has 0 radical (unpaired) electrons. The summed E-state index contributed by atoms with van der Waals surface area (Å²) in [7, 11) is 1.57. The molecule has 11 heavy (non-hydrogen) atoms. The molecule has 0 fully saturated rings. The molecule has 0 heterocycles. The van der Waals surface area contributed by atoms with Crippen LogP contribution in [0.15, 0.2) is 0 Å². The third-order valence-electron chi connectivity index (χ3n) is 1.12.